The van der Waals surface area contributed by atoms with E-state index in [9.17, 15) is 0 Å². The molecule has 0 radical (unpaired) electrons. The van der Waals surface area contributed by atoms with Gasteiger partial charge in [0.2, 0.25) is 0 Å². The predicted molar refractivity (Wildman–Crippen MR) is 67.5 cm³/mol. The van der Waals surface area contributed by atoms with Crippen molar-refractivity contribution in [3.63, 3.8) is 0 Å². The Morgan fingerprint density at radius 3 is 2.88 bits per heavy atom. The highest BCUT2D eigenvalue weighted by atomic mass is 35.5. The van der Waals surface area contributed by atoms with E-state index in [1.807, 2.05) is 11.9 Å². The molecule has 2 aliphatic rings. The molecule has 0 saturated carbocycles. The third-order valence-corrected chi connectivity index (χ3v) is 3.24. The molecule has 0 bridgehead atoms. The largest absolute Gasteiger partial charge is 0.344 e. The maximum absolute atomic E-state index is 6.14. The molecule has 0 saturated heterocycles. The fraction of sp³-hybridized carbons (Fsp3) is 0.500. The molecule has 0 aromatic heterocycles. The van der Waals surface area contributed by atoms with Gasteiger partial charge < -0.3 is 16.0 Å². The van der Waals surface area contributed by atoms with Crippen molar-refractivity contribution in [1.29, 1.82) is 0 Å². The number of aliphatic imine (C=N–C) groups is 1. The highest BCUT2D eigenvalue weighted by Crippen LogP contribution is 2.28. The van der Waals surface area contributed by atoms with Gasteiger partial charge in [0.05, 0.1) is 17.3 Å². The minimum atomic E-state index is -0.103. The molecule has 0 aromatic carbocycles. The second-order valence-corrected chi connectivity index (χ2v) is 4.78. The first-order valence-corrected chi connectivity index (χ1v) is 5.88. The van der Waals surface area contributed by atoms with Crippen LogP contribution in [0, 0.1) is 0 Å². The second-order valence-electron chi connectivity index (χ2n) is 3.91. The van der Waals surface area contributed by atoms with E-state index in [2.05, 4.69) is 10.3 Å². The number of rotatable bonds is 1. The number of nitrogens with one attached hydrogen (secondary N) is 1. The molecule has 3 N–H and O–H groups in total. The molecule has 88 valence electrons. The normalized spacial score (nSPS) is 25.8. The summed E-state index contributed by atoms with van der Waals surface area (Å²) in [4.78, 5) is 6.34. The van der Waals surface area contributed by atoms with Gasteiger partial charge in [-0.15, -0.1) is 0 Å². The van der Waals surface area contributed by atoms with Crippen LogP contribution in [-0.2, 0) is 0 Å². The summed E-state index contributed by atoms with van der Waals surface area (Å²) in [5.74, 6) is 0.801. The lowest BCUT2D eigenvalue weighted by Crippen LogP contribution is -2.36. The first-order valence-electron chi connectivity index (χ1n) is 5.12. The molecule has 0 fully saturated rings. The van der Waals surface area contributed by atoms with E-state index in [-0.39, 0.29) is 6.04 Å². The number of hydrogen-bond acceptors (Lipinski definition) is 4. The van der Waals surface area contributed by atoms with Crippen molar-refractivity contribution >= 4 is 29.2 Å². The molecule has 1 aliphatic carbocycles. The van der Waals surface area contributed by atoms with Crippen molar-refractivity contribution in [3.05, 3.63) is 21.8 Å². The van der Waals surface area contributed by atoms with Gasteiger partial charge in [-0.05, 0) is 6.08 Å². The summed E-state index contributed by atoms with van der Waals surface area (Å²) in [5.41, 5.74) is 6.49. The van der Waals surface area contributed by atoms with E-state index in [0.29, 0.717) is 16.5 Å². The Kier molecular flexibility index (Phi) is 3.42. The van der Waals surface area contributed by atoms with Crippen LogP contribution in [0.25, 0.3) is 0 Å². The van der Waals surface area contributed by atoms with Crippen LogP contribution in [0.1, 0.15) is 6.42 Å². The minimum absolute atomic E-state index is 0.103. The molecule has 0 aromatic rings. The van der Waals surface area contributed by atoms with Gasteiger partial charge in [0, 0.05) is 31.1 Å². The maximum Gasteiger partial charge on any atom is 0.198 e. The van der Waals surface area contributed by atoms with E-state index in [0.717, 1.165) is 24.7 Å². The van der Waals surface area contributed by atoms with E-state index in [1.54, 1.807) is 6.08 Å². The Hall–Kier alpha value is -0.710. The van der Waals surface area contributed by atoms with Crippen LogP contribution >= 0.6 is 23.2 Å². The lowest BCUT2D eigenvalue weighted by Gasteiger charge is -2.22. The zero-order valence-corrected chi connectivity index (χ0v) is 10.5. The molecule has 1 aliphatic heterocycles. The van der Waals surface area contributed by atoms with E-state index >= 15 is 0 Å². The van der Waals surface area contributed by atoms with Crippen LogP contribution in [0.15, 0.2) is 26.8 Å². The lowest BCUT2D eigenvalue weighted by molar-refractivity contribution is 0.541. The number of guanidine groups is 1. The quantitative estimate of drug-likeness (QED) is 0.745. The highest BCUT2D eigenvalue weighted by molar-refractivity contribution is 6.36. The van der Waals surface area contributed by atoms with Crippen LogP contribution in [0.5, 0.6) is 0 Å². The molecule has 0 spiro atoms. The summed E-state index contributed by atoms with van der Waals surface area (Å²) in [6.45, 7) is 1.71. The molecule has 16 heavy (non-hydrogen) atoms. The molecule has 1 unspecified atom stereocenters. The summed E-state index contributed by atoms with van der Waals surface area (Å²) in [6, 6.07) is -0.103. The molecule has 1 heterocycles. The van der Waals surface area contributed by atoms with Crippen molar-refractivity contribution < 1.29 is 0 Å². The smallest absolute Gasteiger partial charge is 0.198 e. The average Bonchev–Trinajstić information content (AvgIpc) is 2.57. The van der Waals surface area contributed by atoms with Crippen LogP contribution in [0.4, 0.5) is 0 Å². The molecule has 2 rings (SSSR count). The van der Waals surface area contributed by atoms with E-state index < -0.39 is 0 Å². The van der Waals surface area contributed by atoms with Crippen LogP contribution in [-0.4, -0.2) is 37.0 Å². The number of hydrogen-bond donors (Lipinski definition) is 2. The number of likely N-dealkylation sites (N-methyl/N-ethyl adjacent to an activating group) is 1. The number of allylic oxidation sites excluding steroid dienone is 1. The summed E-state index contributed by atoms with van der Waals surface area (Å²) in [5, 5.41) is 4.37. The minimum Gasteiger partial charge on any atom is -0.344 e. The fourth-order valence-electron chi connectivity index (χ4n) is 1.68. The Balaban J connectivity index is 2.15. The summed E-state index contributed by atoms with van der Waals surface area (Å²) >= 11 is 12.2. The molecule has 4 nitrogen and oxygen atoms in total. The van der Waals surface area contributed by atoms with Gasteiger partial charge in [-0.3, -0.25) is 4.99 Å². The molecule has 0 amide bonds. The maximum atomic E-state index is 6.14. The van der Waals surface area contributed by atoms with Crippen molar-refractivity contribution in [2.24, 2.45) is 10.7 Å². The van der Waals surface area contributed by atoms with Crippen molar-refractivity contribution in [1.82, 2.24) is 10.2 Å². The standard InChI is InChI=1S/C10H14Cl2N4/c1-16-3-2-14-10(16)15-9-7(11)4-6(13)5-8(9)12/h4,6H,2-3,5,13H2,1H3,(H,14,15). The van der Waals surface area contributed by atoms with Gasteiger partial charge in [-0.2, -0.15) is 0 Å². The van der Waals surface area contributed by atoms with E-state index in [1.165, 1.54) is 0 Å². The number of nitrogens with zero attached hydrogens (tertiary/aromatic N) is 2. The van der Waals surface area contributed by atoms with E-state index in [4.69, 9.17) is 28.9 Å². The van der Waals surface area contributed by atoms with Gasteiger partial charge in [0.25, 0.3) is 0 Å². The molecular weight excluding hydrogens is 247 g/mol. The predicted octanol–water partition coefficient (Wildman–Crippen LogP) is 1.18. The molecule has 1 atom stereocenters. The Bertz CT molecular complexity index is 386. The highest BCUT2D eigenvalue weighted by Gasteiger charge is 2.21. The van der Waals surface area contributed by atoms with Crippen molar-refractivity contribution in [2.75, 3.05) is 20.1 Å². The molecular formula is C10H14Cl2N4. The lowest BCUT2D eigenvalue weighted by atomic mass is 10.1. The summed E-state index contributed by atoms with van der Waals surface area (Å²) in [6.07, 6.45) is 2.41. The SMILES string of the molecule is CN1CCN=C1NC1=C(Cl)CC(N)C=C1Cl. The van der Waals surface area contributed by atoms with Crippen LogP contribution in [0.2, 0.25) is 0 Å². The Morgan fingerprint density at radius 2 is 2.31 bits per heavy atom. The van der Waals surface area contributed by atoms with Gasteiger partial charge in [0.1, 0.15) is 0 Å². The Labute approximate surface area is 105 Å². The fourth-order valence-corrected chi connectivity index (χ4v) is 2.37. The first-order chi connectivity index (χ1) is 7.58. The first kappa shape index (κ1) is 11.8. The van der Waals surface area contributed by atoms with Crippen molar-refractivity contribution in [2.45, 2.75) is 12.5 Å². The third-order valence-electron chi connectivity index (χ3n) is 2.58. The molecule has 6 heteroatoms. The monoisotopic (exact) mass is 260 g/mol. The summed E-state index contributed by atoms with van der Waals surface area (Å²) < 4.78 is 0. The summed E-state index contributed by atoms with van der Waals surface area (Å²) in [7, 11) is 1.97. The van der Waals surface area contributed by atoms with Gasteiger partial charge >= 0.3 is 0 Å². The third kappa shape index (κ3) is 2.34. The van der Waals surface area contributed by atoms with Gasteiger partial charge in [-0.25, -0.2) is 0 Å². The second kappa shape index (κ2) is 4.65. The van der Waals surface area contributed by atoms with Crippen LogP contribution < -0.4 is 11.1 Å². The van der Waals surface area contributed by atoms with Crippen molar-refractivity contribution in [3.8, 4) is 0 Å². The zero-order valence-electron chi connectivity index (χ0n) is 9.00. The number of nitrogens with two attached hydrogens (primary N) is 1. The number of halogens is 2. The van der Waals surface area contributed by atoms with Gasteiger partial charge in [0.15, 0.2) is 5.96 Å². The van der Waals surface area contributed by atoms with Gasteiger partial charge in [-0.1, -0.05) is 23.2 Å². The van der Waals surface area contributed by atoms with Crippen LogP contribution in [0.3, 0.4) is 0 Å². The topological polar surface area (TPSA) is 53.6 Å². The average molecular weight is 261 g/mol. The Morgan fingerprint density at radius 1 is 1.56 bits per heavy atom. The zero-order chi connectivity index (χ0) is 11.7.